The largest absolute Gasteiger partial charge is 0.342 e. The summed E-state index contributed by atoms with van der Waals surface area (Å²) in [6.45, 7) is 2.52. The number of hydrogen-bond acceptors (Lipinski definition) is 3. The zero-order chi connectivity index (χ0) is 12.8. The van der Waals surface area contributed by atoms with Crippen LogP contribution in [0.5, 0.6) is 0 Å². The van der Waals surface area contributed by atoms with Crippen LogP contribution in [0.25, 0.3) is 0 Å². The molecule has 1 aromatic rings. The van der Waals surface area contributed by atoms with Gasteiger partial charge in [-0.25, -0.2) is 0 Å². The minimum Gasteiger partial charge on any atom is -0.342 e. The lowest BCUT2D eigenvalue weighted by Gasteiger charge is -2.16. The van der Waals surface area contributed by atoms with E-state index in [1.165, 1.54) is 0 Å². The number of thioether (sulfide) groups is 1. The van der Waals surface area contributed by atoms with Crippen molar-refractivity contribution in [3.8, 4) is 0 Å². The van der Waals surface area contributed by atoms with Gasteiger partial charge in [0.05, 0.1) is 5.75 Å². The van der Waals surface area contributed by atoms with Gasteiger partial charge in [-0.15, -0.1) is 11.8 Å². The lowest BCUT2D eigenvalue weighted by molar-refractivity contribution is -0.127. The number of amides is 1. The van der Waals surface area contributed by atoms with Crippen molar-refractivity contribution in [2.45, 2.75) is 17.7 Å². The van der Waals surface area contributed by atoms with E-state index in [-0.39, 0.29) is 5.91 Å². The van der Waals surface area contributed by atoms with Crippen molar-refractivity contribution in [1.29, 1.82) is 0 Å². The Kier molecular flexibility index (Phi) is 5.08. The van der Waals surface area contributed by atoms with Crippen LogP contribution in [-0.4, -0.2) is 36.2 Å². The summed E-state index contributed by atoms with van der Waals surface area (Å²) < 4.78 is 0. The summed E-state index contributed by atoms with van der Waals surface area (Å²) in [5.74, 6) is 1.41. The molecule has 0 aliphatic carbocycles. The molecule has 3 nitrogen and oxygen atoms in total. The Morgan fingerprint density at radius 1 is 1.39 bits per heavy atom. The fourth-order valence-electron chi connectivity index (χ4n) is 2.28. The van der Waals surface area contributed by atoms with E-state index in [1.807, 2.05) is 35.2 Å². The number of hydrogen-bond donors (Lipinski definition) is 1. The van der Waals surface area contributed by atoms with Gasteiger partial charge in [-0.2, -0.15) is 0 Å². The van der Waals surface area contributed by atoms with Gasteiger partial charge in [0.25, 0.3) is 0 Å². The van der Waals surface area contributed by atoms with E-state index in [0.717, 1.165) is 37.4 Å². The molecule has 1 saturated heterocycles. The molecule has 2 N–H and O–H groups in total. The second-order valence-corrected chi connectivity index (χ2v) is 5.72. The molecule has 1 aliphatic heterocycles. The minimum atomic E-state index is 0.253. The molecule has 0 saturated carbocycles. The molecule has 2 rings (SSSR count). The third-order valence-electron chi connectivity index (χ3n) is 3.32. The molecule has 1 atom stereocenters. The molecule has 1 aliphatic rings. The maximum absolute atomic E-state index is 12.0. The summed E-state index contributed by atoms with van der Waals surface area (Å²) in [5, 5.41) is 0. The molecular formula is C14H20N2OS. The van der Waals surface area contributed by atoms with Gasteiger partial charge in [0.1, 0.15) is 0 Å². The van der Waals surface area contributed by atoms with Gasteiger partial charge in [0, 0.05) is 18.0 Å². The molecular weight excluding hydrogens is 244 g/mol. The molecule has 18 heavy (non-hydrogen) atoms. The molecule has 1 fully saturated rings. The molecule has 1 amide bonds. The number of rotatable bonds is 5. The fraction of sp³-hybridized carbons (Fsp3) is 0.500. The molecule has 1 unspecified atom stereocenters. The zero-order valence-corrected chi connectivity index (χ0v) is 11.4. The van der Waals surface area contributed by atoms with Gasteiger partial charge in [-0.3, -0.25) is 4.79 Å². The lowest BCUT2D eigenvalue weighted by Crippen LogP contribution is -2.30. The number of carbonyl (C=O) groups excluding carboxylic acids is 1. The smallest absolute Gasteiger partial charge is 0.232 e. The Bertz CT molecular complexity index is 383. The first-order valence-electron chi connectivity index (χ1n) is 6.45. The number of likely N-dealkylation sites (tertiary alicyclic amines) is 1. The maximum atomic E-state index is 12.0. The number of nitrogens with two attached hydrogens (primary N) is 1. The molecule has 1 aromatic carbocycles. The van der Waals surface area contributed by atoms with Gasteiger partial charge < -0.3 is 10.6 Å². The number of nitrogens with zero attached hydrogens (tertiary/aromatic N) is 1. The Balaban J connectivity index is 1.76. The molecule has 0 spiro atoms. The van der Waals surface area contributed by atoms with Crippen LogP contribution in [0.4, 0.5) is 0 Å². The van der Waals surface area contributed by atoms with Crippen molar-refractivity contribution in [3.63, 3.8) is 0 Å². The topological polar surface area (TPSA) is 46.3 Å². The first-order valence-corrected chi connectivity index (χ1v) is 7.44. The highest BCUT2D eigenvalue weighted by Gasteiger charge is 2.25. The van der Waals surface area contributed by atoms with Crippen molar-refractivity contribution >= 4 is 17.7 Å². The van der Waals surface area contributed by atoms with E-state index in [1.54, 1.807) is 11.8 Å². The first-order chi connectivity index (χ1) is 8.79. The van der Waals surface area contributed by atoms with E-state index in [2.05, 4.69) is 0 Å². The second kappa shape index (κ2) is 6.81. The van der Waals surface area contributed by atoms with Crippen LogP contribution >= 0.6 is 11.8 Å². The van der Waals surface area contributed by atoms with Crippen molar-refractivity contribution in [2.75, 3.05) is 25.4 Å². The molecule has 1 heterocycles. The zero-order valence-electron chi connectivity index (χ0n) is 10.5. The van der Waals surface area contributed by atoms with E-state index < -0.39 is 0 Å². The normalized spacial score (nSPS) is 19.2. The van der Waals surface area contributed by atoms with E-state index in [9.17, 15) is 4.79 Å². The predicted molar refractivity (Wildman–Crippen MR) is 75.5 cm³/mol. The number of benzene rings is 1. The second-order valence-electron chi connectivity index (χ2n) is 4.67. The van der Waals surface area contributed by atoms with Crippen LogP contribution in [0.1, 0.15) is 12.8 Å². The fourth-order valence-corrected chi connectivity index (χ4v) is 3.11. The Labute approximate surface area is 113 Å². The average Bonchev–Trinajstić information content (AvgIpc) is 2.86. The van der Waals surface area contributed by atoms with Gasteiger partial charge in [-0.1, -0.05) is 18.2 Å². The van der Waals surface area contributed by atoms with Crippen LogP contribution in [0.15, 0.2) is 35.2 Å². The van der Waals surface area contributed by atoms with Crippen LogP contribution in [0.2, 0.25) is 0 Å². The molecule has 0 aromatic heterocycles. The summed E-state index contributed by atoms with van der Waals surface area (Å²) in [6.07, 6.45) is 2.15. The predicted octanol–water partition coefficient (Wildman–Crippen LogP) is 1.98. The van der Waals surface area contributed by atoms with Crippen molar-refractivity contribution in [3.05, 3.63) is 30.3 Å². The summed E-state index contributed by atoms with van der Waals surface area (Å²) in [7, 11) is 0. The van der Waals surface area contributed by atoms with Crippen LogP contribution in [-0.2, 0) is 4.79 Å². The third kappa shape index (κ3) is 3.75. The maximum Gasteiger partial charge on any atom is 0.232 e. The highest BCUT2D eigenvalue weighted by Crippen LogP contribution is 2.22. The van der Waals surface area contributed by atoms with Crippen LogP contribution in [0, 0.1) is 5.92 Å². The quantitative estimate of drug-likeness (QED) is 0.827. The summed E-state index contributed by atoms with van der Waals surface area (Å²) >= 11 is 1.61. The van der Waals surface area contributed by atoms with E-state index >= 15 is 0 Å². The van der Waals surface area contributed by atoms with E-state index in [4.69, 9.17) is 5.73 Å². The molecule has 98 valence electrons. The first kappa shape index (κ1) is 13.4. The Morgan fingerprint density at radius 3 is 2.89 bits per heavy atom. The van der Waals surface area contributed by atoms with E-state index in [0.29, 0.717) is 11.7 Å². The SMILES string of the molecule is NCCC1CCN(C(=O)CSc2ccccc2)C1. The third-order valence-corrected chi connectivity index (χ3v) is 4.32. The molecule has 0 bridgehead atoms. The minimum absolute atomic E-state index is 0.253. The standard InChI is InChI=1S/C14H20N2OS/c15-8-6-12-7-9-16(10-12)14(17)11-18-13-4-2-1-3-5-13/h1-5,12H,6-11,15H2. The van der Waals surface area contributed by atoms with Crippen molar-refractivity contribution < 1.29 is 4.79 Å². The summed E-state index contributed by atoms with van der Waals surface area (Å²) in [4.78, 5) is 15.2. The van der Waals surface area contributed by atoms with Crippen molar-refractivity contribution in [2.24, 2.45) is 11.7 Å². The highest BCUT2D eigenvalue weighted by molar-refractivity contribution is 8.00. The Morgan fingerprint density at radius 2 is 2.17 bits per heavy atom. The van der Waals surface area contributed by atoms with Gasteiger partial charge in [0.15, 0.2) is 0 Å². The van der Waals surface area contributed by atoms with Crippen LogP contribution < -0.4 is 5.73 Å². The highest BCUT2D eigenvalue weighted by atomic mass is 32.2. The Hall–Kier alpha value is -1.00. The summed E-state index contributed by atoms with van der Waals surface area (Å²) in [5.41, 5.74) is 5.56. The molecule has 4 heteroatoms. The van der Waals surface area contributed by atoms with Crippen LogP contribution in [0.3, 0.4) is 0 Å². The average molecular weight is 264 g/mol. The lowest BCUT2D eigenvalue weighted by atomic mass is 10.1. The summed E-state index contributed by atoms with van der Waals surface area (Å²) in [6, 6.07) is 10.1. The monoisotopic (exact) mass is 264 g/mol. The van der Waals surface area contributed by atoms with Gasteiger partial charge >= 0.3 is 0 Å². The number of carbonyl (C=O) groups is 1. The van der Waals surface area contributed by atoms with Gasteiger partial charge in [-0.05, 0) is 37.4 Å². The van der Waals surface area contributed by atoms with Gasteiger partial charge in [0.2, 0.25) is 5.91 Å². The molecule has 0 radical (unpaired) electrons. The van der Waals surface area contributed by atoms with Crippen molar-refractivity contribution in [1.82, 2.24) is 4.90 Å².